The lowest BCUT2D eigenvalue weighted by molar-refractivity contribution is -0.284. The van der Waals surface area contributed by atoms with E-state index in [4.69, 9.17) is 0 Å². The van der Waals surface area contributed by atoms with Gasteiger partial charge < -0.3 is 0 Å². The summed E-state index contributed by atoms with van der Waals surface area (Å²) < 4.78 is 84.4. The summed E-state index contributed by atoms with van der Waals surface area (Å²) in [6.45, 7) is 3.74. The molecule has 2 nitrogen and oxygen atoms in total. The number of hydrogen-bond donors (Lipinski definition) is 0. The highest BCUT2D eigenvalue weighted by molar-refractivity contribution is 7.91. The molecule has 0 saturated carbocycles. The summed E-state index contributed by atoms with van der Waals surface area (Å²) in [5, 5.41) is 0. The van der Waals surface area contributed by atoms with Gasteiger partial charge in [0.15, 0.2) is 0 Å². The zero-order valence-electron chi connectivity index (χ0n) is 13.3. The van der Waals surface area contributed by atoms with E-state index >= 15 is 0 Å². The number of hydrogen-bond acceptors (Lipinski definition) is 2. The van der Waals surface area contributed by atoms with Gasteiger partial charge in [-0.1, -0.05) is 51.9 Å². The van der Waals surface area contributed by atoms with Gasteiger partial charge in [-0.15, -0.1) is 0 Å². The molecule has 0 aromatic heterocycles. The largest absolute Gasteiger partial charge is 0.453 e. The van der Waals surface area contributed by atoms with Gasteiger partial charge in [0.2, 0.25) is 0 Å². The average molecular weight is 365 g/mol. The van der Waals surface area contributed by atoms with Crippen molar-refractivity contribution in [3.63, 3.8) is 0 Å². The van der Waals surface area contributed by atoms with Crippen molar-refractivity contribution in [1.29, 1.82) is 0 Å². The van der Waals surface area contributed by atoms with Crippen LogP contribution in [-0.4, -0.2) is 32.0 Å². The van der Waals surface area contributed by atoms with Crippen molar-refractivity contribution in [2.75, 3.05) is 11.5 Å². The Morgan fingerprint density at radius 3 is 1.61 bits per heavy atom. The van der Waals surface area contributed by atoms with Crippen LogP contribution in [0.5, 0.6) is 0 Å². The SMILES string of the molecule is [CH2]CCCCCCCCCS(=O)(=O)CCCC(F)(F)C(F)(F)F. The molecular weight excluding hydrogens is 339 g/mol. The number of rotatable bonds is 13. The maximum Gasteiger partial charge on any atom is 0.453 e. The second-order valence-electron chi connectivity index (χ2n) is 5.79. The van der Waals surface area contributed by atoms with E-state index in [1.807, 2.05) is 0 Å². The van der Waals surface area contributed by atoms with Gasteiger partial charge in [-0.3, -0.25) is 0 Å². The molecule has 0 aromatic rings. The molecule has 0 rings (SSSR count). The molecule has 0 fully saturated rings. The Kier molecular flexibility index (Phi) is 10.3. The van der Waals surface area contributed by atoms with Crippen molar-refractivity contribution in [3.8, 4) is 0 Å². The molecule has 23 heavy (non-hydrogen) atoms. The van der Waals surface area contributed by atoms with Crippen LogP contribution in [0.2, 0.25) is 0 Å². The summed E-state index contributed by atoms with van der Waals surface area (Å²) in [6, 6.07) is 0. The van der Waals surface area contributed by atoms with Crippen molar-refractivity contribution in [1.82, 2.24) is 0 Å². The Balaban J connectivity index is 3.82. The highest BCUT2D eigenvalue weighted by Crippen LogP contribution is 2.38. The normalized spacial score (nSPS) is 13.5. The third-order valence-corrected chi connectivity index (χ3v) is 5.39. The highest BCUT2D eigenvalue weighted by atomic mass is 32.2. The molecule has 0 aliphatic carbocycles. The van der Waals surface area contributed by atoms with Gasteiger partial charge in [0.1, 0.15) is 9.84 Å². The Labute approximate surface area is 135 Å². The fourth-order valence-corrected chi connectivity index (χ4v) is 3.57. The fraction of sp³-hybridized carbons (Fsp3) is 0.933. The predicted molar refractivity (Wildman–Crippen MR) is 81.2 cm³/mol. The van der Waals surface area contributed by atoms with E-state index in [0.717, 1.165) is 44.9 Å². The second kappa shape index (κ2) is 10.5. The highest BCUT2D eigenvalue weighted by Gasteiger charge is 2.56. The first-order valence-corrected chi connectivity index (χ1v) is 9.78. The minimum Gasteiger partial charge on any atom is -0.229 e. The number of halogens is 5. The minimum atomic E-state index is -5.62. The third-order valence-electron chi connectivity index (χ3n) is 3.57. The maximum absolute atomic E-state index is 12.7. The van der Waals surface area contributed by atoms with Crippen LogP contribution in [0.25, 0.3) is 0 Å². The fourth-order valence-electron chi connectivity index (χ4n) is 2.14. The van der Waals surface area contributed by atoms with Crippen LogP contribution in [0.1, 0.15) is 64.2 Å². The molecule has 0 bridgehead atoms. The summed E-state index contributed by atoms with van der Waals surface area (Å²) >= 11 is 0. The minimum absolute atomic E-state index is 0.149. The zero-order chi connectivity index (χ0) is 18.0. The molecule has 0 saturated heterocycles. The lowest BCUT2D eigenvalue weighted by Gasteiger charge is -2.19. The Bertz CT molecular complexity index is 405. The monoisotopic (exact) mass is 365 g/mol. The summed E-state index contributed by atoms with van der Waals surface area (Å²) in [5.74, 6) is -5.60. The topological polar surface area (TPSA) is 34.1 Å². The molecule has 0 unspecified atom stereocenters. The standard InChI is InChI=1S/C15H26F5O2S/c1-2-3-4-5-6-7-8-9-12-23(21,22)13-10-11-14(16,17)15(18,19)20/h1-13H2. The molecule has 0 spiro atoms. The second-order valence-corrected chi connectivity index (χ2v) is 8.09. The van der Waals surface area contributed by atoms with Crippen molar-refractivity contribution >= 4 is 9.84 Å². The van der Waals surface area contributed by atoms with E-state index in [0.29, 0.717) is 6.42 Å². The maximum atomic E-state index is 12.7. The van der Waals surface area contributed by atoms with E-state index in [-0.39, 0.29) is 5.75 Å². The van der Waals surface area contributed by atoms with Crippen LogP contribution >= 0.6 is 0 Å². The van der Waals surface area contributed by atoms with Crippen LogP contribution in [0.3, 0.4) is 0 Å². The molecule has 139 valence electrons. The first kappa shape index (κ1) is 22.6. The molecule has 0 aliphatic heterocycles. The van der Waals surface area contributed by atoms with Crippen LogP contribution in [0.15, 0.2) is 0 Å². The van der Waals surface area contributed by atoms with E-state index in [1.54, 1.807) is 0 Å². The lowest BCUT2D eigenvalue weighted by atomic mass is 10.1. The smallest absolute Gasteiger partial charge is 0.229 e. The van der Waals surface area contributed by atoms with Gasteiger partial charge in [-0.05, 0) is 12.8 Å². The molecule has 0 aromatic carbocycles. The average Bonchev–Trinajstić information content (AvgIpc) is 2.40. The van der Waals surface area contributed by atoms with Crippen molar-refractivity contribution in [3.05, 3.63) is 6.92 Å². The third kappa shape index (κ3) is 10.9. The van der Waals surface area contributed by atoms with Gasteiger partial charge in [0, 0.05) is 6.42 Å². The molecule has 0 N–H and O–H groups in total. The van der Waals surface area contributed by atoms with Gasteiger partial charge in [-0.2, -0.15) is 22.0 Å². The first-order chi connectivity index (χ1) is 10.5. The van der Waals surface area contributed by atoms with Crippen molar-refractivity contribution in [2.24, 2.45) is 0 Å². The van der Waals surface area contributed by atoms with E-state index in [9.17, 15) is 30.4 Å². The number of unbranched alkanes of at least 4 members (excludes halogenated alkanes) is 7. The summed E-state index contributed by atoms with van der Waals surface area (Å²) in [7, 11) is -3.56. The van der Waals surface area contributed by atoms with Gasteiger partial charge in [0.05, 0.1) is 11.5 Å². The number of sulfone groups is 1. The van der Waals surface area contributed by atoms with Gasteiger partial charge in [-0.25, -0.2) is 8.42 Å². The van der Waals surface area contributed by atoms with Crippen LogP contribution in [0, 0.1) is 6.92 Å². The van der Waals surface area contributed by atoms with E-state index in [2.05, 4.69) is 6.92 Å². The van der Waals surface area contributed by atoms with E-state index in [1.165, 1.54) is 0 Å². The van der Waals surface area contributed by atoms with Gasteiger partial charge in [0.25, 0.3) is 0 Å². The molecule has 1 radical (unpaired) electrons. The summed E-state index contributed by atoms with van der Waals surface area (Å²) in [5.41, 5.74) is 0. The molecular formula is C15H26F5O2S. The number of alkyl halides is 5. The van der Waals surface area contributed by atoms with Gasteiger partial charge >= 0.3 is 12.1 Å². The lowest BCUT2D eigenvalue weighted by Crippen LogP contribution is -2.36. The molecule has 0 aliphatic rings. The first-order valence-electron chi connectivity index (χ1n) is 7.96. The van der Waals surface area contributed by atoms with Crippen molar-refractivity contribution < 1.29 is 30.4 Å². The molecule has 8 heteroatoms. The molecule has 0 heterocycles. The Hall–Kier alpha value is -0.400. The van der Waals surface area contributed by atoms with E-state index < -0.39 is 40.5 Å². The summed E-state index contributed by atoms with van der Waals surface area (Å²) in [4.78, 5) is 0. The zero-order valence-corrected chi connectivity index (χ0v) is 14.1. The quantitative estimate of drug-likeness (QED) is 0.326. The molecule has 0 atom stereocenters. The van der Waals surface area contributed by atoms with Crippen molar-refractivity contribution in [2.45, 2.75) is 76.3 Å². The Morgan fingerprint density at radius 1 is 0.696 bits per heavy atom. The summed E-state index contributed by atoms with van der Waals surface area (Å²) in [6.07, 6.45) is -0.550. The van der Waals surface area contributed by atoms with Crippen LogP contribution in [-0.2, 0) is 9.84 Å². The molecule has 0 amide bonds. The van der Waals surface area contributed by atoms with Crippen LogP contribution in [0.4, 0.5) is 22.0 Å². The Morgan fingerprint density at radius 2 is 1.13 bits per heavy atom. The van der Waals surface area contributed by atoms with Crippen LogP contribution < -0.4 is 0 Å². The predicted octanol–water partition coefficient (Wildman–Crippen LogP) is 5.33.